The minimum absolute atomic E-state index is 0.0417. The molecule has 0 aromatic carbocycles. The zero-order valence-electron chi connectivity index (χ0n) is 9.38. The predicted octanol–water partition coefficient (Wildman–Crippen LogP) is -0.748. The maximum atomic E-state index is 11.4. The Kier molecular flexibility index (Phi) is 4.50. The van der Waals surface area contributed by atoms with Gasteiger partial charge in [0.2, 0.25) is 5.91 Å². The third kappa shape index (κ3) is 3.77. The van der Waals surface area contributed by atoms with Gasteiger partial charge in [0.1, 0.15) is 5.60 Å². The molecule has 0 bridgehead atoms. The minimum atomic E-state index is -0.805. The number of hydrogen-bond acceptors (Lipinski definition) is 4. The van der Waals surface area contributed by atoms with Gasteiger partial charge >= 0.3 is 0 Å². The van der Waals surface area contributed by atoms with Gasteiger partial charge in [-0.2, -0.15) is 0 Å². The zero-order chi connectivity index (χ0) is 11.3. The summed E-state index contributed by atoms with van der Waals surface area (Å²) >= 11 is 0. The summed E-state index contributed by atoms with van der Waals surface area (Å²) in [5.41, 5.74) is -0.805. The fraction of sp³-hybridized carbons (Fsp3) is 0.900. The second-order valence-electron chi connectivity index (χ2n) is 4.02. The van der Waals surface area contributed by atoms with Gasteiger partial charge in [-0.25, -0.2) is 0 Å². The number of carbonyl (C=O) groups excluding carboxylic acids is 1. The summed E-state index contributed by atoms with van der Waals surface area (Å²) in [4.78, 5) is 11.4. The molecule has 1 amide bonds. The minimum Gasteiger partial charge on any atom is -0.386 e. The highest BCUT2D eigenvalue weighted by Crippen LogP contribution is 2.16. The second-order valence-corrected chi connectivity index (χ2v) is 4.02. The molecule has 0 aromatic rings. The number of aliphatic hydroxyl groups is 1. The van der Waals surface area contributed by atoms with Crippen molar-refractivity contribution in [3.05, 3.63) is 0 Å². The van der Waals surface area contributed by atoms with Gasteiger partial charge in [0.25, 0.3) is 0 Å². The average molecular weight is 216 g/mol. The van der Waals surface area contributed by atoms with Gasteiger partial charge in [-0.3, -0.25) is 4.79 Å². The smallest absolute Gasteiger partial charge is 0.236 e. The molecule has 1 heterocycles. The number of carbonyl (C=O) groups is 1. The third-order valence-corrected chi connectivity index (χ3v) is 2.56. The fourth-order valence-electron chi connectivity index (χ4n) is 1.50. The lowest BCUT2D eigenvalue weighted by Gasteiger charge is -2.23. The molecule has 1 fully saturated rings. The zero-order valence-corrected chi connectivity index (χ0v) is 9.38. The maximum Gasteiger partial charge on any atom is 0.236 e. The Balaban J connectivity index is 2.26. The van der Waals surface area contributed by atoms with E-state index in [1.54, 1.807) is 6.92 Å². The first-order chi connectivity index (χ1) is 7.07. The molecule has 15 heavy (non-hydrogen) atoms. The molecule has 5 nitrogen and oxygen atoms in total. The van der Waals surface area contributed by atoms with Crippen LogP contribution in [-0.2, 0) is 9.53 Å². The van der Waals surface area contributed by atoms with E-state index in [0.29, 0.717) is 32.7 Å². The van der Waals surface area contributed by atoms with E-state index < -0.39 is 5.60 Å². The molecule has 0 spiro atoms. The van der Waals surface area contributed by atoms with Gasteiger partial charge in [0, 0.05) is 26.1 Å². The molecule has 2 unspecified atom stereocenters. The van der Waals surface area contributed by atoms with Crippen molar-refractivity contribution in [1.29, 1.82) is 0 Å². The molecule has 3 N–H and O–H groups in total. The van der Waals surface area contributed by atoms with Crippen LogP contribution in [0.5, 0.6) is 0 Å². The number of amides is 1. The quantitative estimate of drug-likeness (QED) is 0.565. The van der Waals surface area contributed by atoms with Crippen molar-refractivity contribution < 1.29 is 14.6 Å². The molecule has 0 aromatic heterocycles. The summed E-state index contributed by atoms with van der Waals surface area (Å²) in [7, 11) is 0. The second kappa shape index (κ2) is 5.44. The summed E-state index contributed by atoms with van der Waals surface area (Å²) in [6.45, 7) is 5.62. The summed E-state index contributed by atoms with van der Waals surface area (Å²) in [6.07, 6.45) is 0.627. The Morgan fingerprint density at radius 3 is 2.93 bits per heavy atom. The lowest BCUT2D eigenvalue weighted by molar-refractivity contribution is -0.122. The summed E-state index contributed by atoms with van der Waals surface area (Å²) in [5.74, 6) is -0.0417. The van der Waals surface area contributed by atoms with Crippen LogP contribution in [0.25, 0.3) is 0 Å². The van der Waals surface area contributed by atoms with Gasteiger partial charge in [-0.15, -0.1) is 0 Å². The molecule has 1 saturated heterocycles. The van der Waals surface area contributed by atoms with E-state index in [-0.39, 0.29) is 11.9 Å². The number of likely N-dealkylation sites (N-methyl/N-ethyl adjacent to an activating group) is 1. The highest BCUT2D eigenvalue weighted by molar-refractivity contribution is 5.81. The van der Waals surface area contributed by atoms with Crippen LogP contribution in [0.4, 0.5) is 0 Å². The van der Waals surface area contributed by atoms with Crippen LogP contribution in [0, 0.1) is 0 Å². The standard InChI is InChI=1S/C10H20N2O3/c1-3-11-9(13)8(2)12-6-10(14)4-5-15-7-10/h8,12,14H,3-7H2,1-2H3,(H,11,13). The van der Waals surface area contributed by atoms with Gasteiger partial charge in [-0.1, -0.05) is 0 Å². The van der Waals surface area contributed by atoms with E-state index in [9.17, 15) is 9.90 Å². The molecule has 1 rings (SSSR count). The summed E-state index contributed by atoms with van der Waals surface area (Å²) in [5, 5.41) is 15.7. The molecular formula is C10H20N2O3. The van der Waals surface area contributed by atoms with E-state index in [2.05, 4.69) is 10.6 Å². The molecule has 2 atom stereocenters. The molecule has 1 aliphatic rings. The average Bonchev–Trinajstić information content (AvgIpc) is 2.63. The van der Waals surface area contributed by atoms with E-state index in [1.165, 1.54) is 0 Å². The normalized spacial score (nSPS) is 27.7. The lowest BCUT2D eigenvalue weighted by Crippen LogP contribution is -2.49. The van der Waals surface area contributed by atoms with Crippen LogP contribution >= 0.6 is 0 Å². The van der Waals surface area contributed by atoms with Crippen LogP contribution in [0.1, 0.15) is 20.3 Å². The van der Waals surface area contributed by atoms with Crippen LogP contribution in [0.15, 0.2) is 0 Å². The Morgan fingerprint density at radius 2 is 2.40 bits per heavy atom. The molecular weight excluding hydrogens is 196 g/mol. The first kappa shape index (κ1) is 12.4. The number of rotatable bonds is 5. The van der Waals surface area contributed by atoms with Crippen molar-refractivity contribution in [1.82, 2.24) is 10.6 Å². The van der Waals surface area contributed by atoms with Crippen molar-refractivity contribution in [2.45, 2.75) is 31.9 Å². The molecule has 0 aliphatic carbocycles. The lowest BCUT2D eigenvalue weighted by atomic mass is 10.0. The first-order valence-electron chi connectivity index (χ1n) is 5.38. The molecule has 5 heteroatoms. The van der Waals surface area contributed by atoms with Crippen LogP contribution in [0.2, 0.25) is 0 Å². The predicted molar refractivity (Wildman–Crippen MR) is 56.5 cm³/mol. The monoisotopic (exact) mass is 216 g/mol. The van der Waals surface area contributed by atoms with Crippen LogP contribution in [-0.4, -0.2) is 49.0 Å². The molecule has 0 radical (unpaired) electrons. The molecule has 0 saturated carbocycles. The van der Waals surface area contributed by atoms with E-state index in [0.717, 1.165) is 0 Å². The summed E-state index contributed by atoms with van der Waals surface area (Å²) in [6, 6.07) is -0.283. The maximum absolute atomic E-state index is 11.4. The van der Waals surface area contributed by atoms with Crippen molar-refractivity contribution in [3.63, 3.8) is 0 Å². The van der Waals surface area contributed by atoms with Crippen LogP contribution in [0.3, 0.4) is 0 Å². The van der Waals surface area contributed by atoms with E-state index in [1.807, 2.05) is 6.92 Å². The van der Waals surface area contributed by atoms with E-state index >= 15 is 0 Å². The van der Waals surface area contributed by atoms with Crippen molar-refractivity contribution in [2.24, 2.45) is 0 Å². The molecule has 1 aliphatic heterocycles. The molecule has 88 valence electrons. The SMILES string of the molecule is CCNC(=O)C(C)NCC1(O)CCOC1. The fourth-order valence-corrected chi connectivity index (χ4v) is 1.50. The van der Waals surface area contributed by atoms with Crippen molar-refractivity contribution in [3.8, 4) is 0 Å². The van der Waals surface area contributed by atoms with Gasteiger partial charge in [0.05, 0.1) is 12.6 Å². The summed E-state index contributed by atoms with van der Waals surface area (Å²) < 4.78 is 5.11. The largest absolute Gasteiger partial charge is 0.386 e. The first-order valence-corrected chi connectivity index (χ1v) is 5.38. The Bertz CT molecular complexity index is 215. The van der Waals surface area contributed by atoms with Crippen molar-refractivity contribution in [2.75, 3.05) is 26.3 Å². The van der Waals surface area contributed by atoms with Gasteiger partial charge < -0.3 is 20.5 Å². The highest BCUT2D eigenvalue weighted by atomic mass is 16.5. The van der Waals surface area contributed by atoms with E-state index in [4.69, 9.17) is 4.74 Å². The highest BCUT2D eigenvalue weighted by Gasteiger charge is 2.32. The van der Waals surface area contributed by atoms with Gasteiger partial charge in [-0.05, 0) is 13.8 Å². The van der Waals surface area contributed by atoms with Crippen molar-refractivity contribution >= 4 is 5.91 Å². The Labute approximate surface area is 90.2 Å². The van der Waals surface area contributed by atoms with Crippen LogP contribution < -0.4 is 10.6 Å². The Morgan fingerprint density at radius 1 is 1.67 bits per heavy atom. The number of nitrogens with one attached hydrogen (secondary N) is 2. The number of ether oxygens (including phenoxy) is 1. The Hall–Kier alpha value is -0.650. The van der Waals surface area contributed by atoms with Gasteiger partial charge in [0.15, 0.2) is 0 Å². The topological polar surface area (TPSA) is 70.6 Å². The third-order valence-electron chi connectivity index (χ3n) is 2.56. The number of hydrogen-bond donors (Lipinski definition) is 3.